The van der Waals surface area contributed by atoms with E-state index in [1.807, 2.05) is 31.2 Å². The molecule has 1 saturated heterocycles. The normalized spacial score (nSPS) is 19.5. The second-order valence-corrected chi connectivity index (χ2v) is 9.27. The minimum Gasteiger partial charge on any atom is -0.481 e. The zero-order valence-electron chi connectivity index (χ0n) is 19.9. The summed E-state index contributed by atoms with van der Waals surface area (Å²) < 4.78 is 11.2. The van der Waals surface area contributed by atoms with E-state index in [0.717, 1.165) is 22.3 Å². The number of benzene rings is 2. The number of fused-ring (bicyclic) bond motifs is 3. The third-order valence-corrected chi connectivity index (χ3v) is 6.78. The molecule has 0 spiro atoms. The third-order valence-electron chi connectivity index (χ3n) is 6.78. The number of alkyl carbamates (subject to hydrolysis) is 1. The largest absolute Gasteiger partial charge is 0.481 e. The number of rotatable bonds is 10. The van der Waals surface area contributed by atoms with E-state index in [9.17, 15) is 14.4 Å². The monoisotopic (exact) mass is 480 g/mol. The highest BCUT2D eigenvalue weighted by atomic mass is 16.6. The summed E-state index contributed by atoms with van der Waals surface area (Å²) in [6.45, 7) is 2.97. The van der Waals surface area contributed by atoms with Crippen molar-refractivity contribution in [3.8, 4) is 11.1 Å². The van der Waals surface area contributed by atoms with E-state index in [1.54, 1.807) is 0 Å². The van der Waals surface area contributed by atoms with E-state index in [0.29, 0.717) is 32.4 Å². The lowest BCUT2D eigenvalue weighted by atomic mass is 9.98. The van der Waals surface area contributed by atoms with Gasteiger partial charge in [-0.25, -0.2) is 4.79 Å². The Labute approximate surface area is 205 Å². The first-order valence-electron chi connectivity index (χ1n) is 12.2. The molecule has 8 nitrogen and oxygen atoms in total. The van der Waals surface area contributed by atoms with Crippen LogP contribution in [0.2, 0.25) is 0 Å². The molecule has 35 heavy (non-hydrogen) atoms. The SMILES string of the molecule is CC(CCNC(=O)[C@H]1OCC[C@H]1NC(=O)OCC1c2ccccc2-c2ccccc21)CCC(=O)O. The number of nitrogens with one attached hydrogen (secondary N) is 2. The van der Waals surface area contributed by atoms with Crippen LogP contribution in [0.25, 0.3) is 11.1 Å². The van der Waals surface area contributed by atoms with E-state index in [4.69, 9.17) is 14.6 Å². The maximum Gasteiger partial charge on any atom is 0.407 e. The van der Waals surface area contributed by atoms with Crippen molar-refractivity contribution >= 4 is 18.0 Å². The second-order valence-electron chi connectivity index (χ2n) is 9.27. The van der Waals surface area contributed by atoms with Crippen molar-refractivity contribution in [2.75, 3.05) is 19.8 Å². The van der Waals surface area contributed by atoms with Gasteiger partial charge in [0.2, 0.25) is 0 Å². The Morgan fingerprint density at radius 1 is 1.06 bits per heavy atom. The fraction of sp³-hybridized carbons (Fsp3) is 0.444. The van der Waals surface area contributed by atoms with Crippen molar-refractivity contribution in [1.29, 1.82) is 0 Å². The predicted octanol–water partition coefficient (Wildman–Crippen LogP) is 3.69. The number of carboxylic acids is 1. The van der Waals surface area contributed by atoms with Gasteiger partial charge in [0.15, 0.2) is 6.10 Å². The Kier molecular flexibility index (Phi) is 8.02. The van der Waals surface area contributed by atoms with Gasteiger partial charge in [-0.05, 0) is 47.4 Å². The number of hydrogen-bond donors (Lipinski definition) is 3. The van der Waals surface area contributed by atoms with Gasteiger partial charge in [0, 0.05) is 25.5 Å². The smallest absolute Gasteiger partial charge is 0.407 e. The van der Waals surface area contributed by atoms with Crippen LogP contribution in [0.15, 0.2) is 48.5 Å². The second kappa shape index (κ2) is 11.4. The minimum atomic E-state index is -0.817. The van der Waals surface area contributed by atoms with Crippen LogP contribution in [0.3, 0.4) is 0 Å². The fourth-order valence-electron chi connectivity index (χ4n) is 4.84. The average Bonchev–Trinajstić information content (AvgIpc) is 3.44. The molecule has 1 fully saturated rings. The number of carboxylic acid groups (broad SMARTS) is 1. The molecule has 3 N–H and O–H groups in total. The van der Waals surface area contributed by atoms with Crippen LogP contribution in [0.1, 0.15) is 49.7 Å². The van der Waals surface area contributed by atoms with Gasteiger partial charge in [-0.1, -0.05) is 55.5 Å². The highest BCUT2D eigenvalue weighted by molar-refractivity contribution is 5.83. The van der Waals surface area contributed by atoms with Crippen LogP contribution < -0.4 is 10.6 Å². The minimum absolute atomic E-state index is 0.0322. The highest BCUT2D eigenvalue weighted by Crippen LogP contribution is 2.44. The Balaban J connectivity index is 1.26. The molecule has 0 aromatic heterocycles. The van der Waals surface area contributed by atoms with Gasteiger partial charge in [0.05, 0.1) is 6.04 Å². The summed E-state index contributed by atoms with van der Waals surface area (Å²) >= 11 is 0. The Morgan fingerprint density at radius 3 is 2.37 bits per heavy atom. The van der Waals surface area contributed by atoms with Crippen LogP contribution in [-0.2, 0) is 19.1 Å². The van der Waals surface area contributed by atoms with Gasteiger partial charge >= 0.3 is 12.1 Å². The van der Waals surface area contributed by atoms with Crippen molar-refractivity contribution in [1.82, 2.24) is 10.6 Å². The first-order chi connectivity index (χ1) is 16.9. The molecule has 1 aliphatic heterocycles. The summed E-state index contributed by atoms with van der Waals surface area (Å²) in [4.78, 5) is 35.9. The van der Waals surface area contributed by atoms with Crippen LogP contribution in [0.5, 0.6) is 0 Å². The van der Waals surface area contributed by atoms with Gasteiger partial charge in [0.25, 0.3) is 5.91 Å². The molecule has 0 saturated carbocycles. The molecule has 2 aromatic carbocycles. The summed E-state index contributed by atoms with van der Waals surface area (Å²) in [5.74, 6) is -0.944. The number of carbonyl (C=O) groups is 3. The van der Waals surface area contributed by atoms with Crippen LogP contribution >= 0.6 is 0 Å². The van der Waals surface area contributed by atoms with E-state index < -0.39 is 24.2 Å². The van der Waals surface area contributed by atoms with Gasteiger partial charge in [0.1, 0.15) is 6.61 Å². The molecule has 0 bridgehead atoms. The summed E-state index contributed by atoms with van der Waals surface area (Å²) in [7, 11) is 0. The molecular formula is C27H32N2O6. The first-order valence-corrected chi connectivity index (χ1v) is 12.2. The molecule has 2 aliphatic rings. The fourth-order valence-corrected chi connectivity index (χ4v) is 4.84. The van der Waals surface area contributed by atoms with Crippen molar-refractivity contribution in [2.24, 2.45) is 5.92 Å². The molecule has 1 heterocycles. The lowest BCUT2D eigenvalue weighted by molar-refractivity contribution is -0.137. The lowest BCUT2D eigenvalue weighted by Gasteiger charge is -2.21. The molecule has 0 radical (unpaired) electrons. The molecule has 2 aromatic rings. The Bertz CT molecular complexity index is 1030. The number of amides is 2. The molecule has 186 valence electrons. The molecule has 3 atom stereocenters. The van der Waals surface area contributed by atoms with Crippen LogP contribution in [0.4, 0.5) is 4.79 Å². The third kappa shape index (κ3) is 6.00. The summed E-state index contributed by atoms with van der Waals surface area (Å²) in [5.41, 5.74) is 4.60. The summed E-state index contributed by atoms with van der Waals surface area (Å²) in [5, 5.41) is 14.4. The summed E-state index contributed by atoms with van der Waals surface area (Å²) in [6, 6.07) is 15.8. The lowest BCUT2D eigenvalue weighted by Crippen LogP contribution is -2.48. The summed E-state index contributed by atoms with van der Waals surface area (Å²) in [6.07, 6.45) is 0.546. The predicted molar refractivity (Wildman–Crippen MR) is 130 cm³/mol. The Morgan fingerprint density at radius 2 is 1.71 bits per heavy atom. The van der Waals surface area contributed by atoms with E-state index in [1.165, 1.54) is 0 Å². The van der Waals surface area contributed by atoms with Crippen molar-refractivity contribution in [3.63, 3.8) is 0 Å². The molecule has 8 heteroatoms. The first kappa shape index (κ1) is 24.7. The van der Waals surface area contributed by atoms with Crippen molar-refractivity contribution in [2.45, 2.75) is 50.7 Å². The number of carbonyl (C=O) groups excluding carboxylic acids is 2. The number of aliphatic carboxylic acids is 1. The van der Waals surface area contributed by atoms with Crippen molar-refractivity contribution in [3.05, 3.63) is 59.7 Å². The standard InChI is InChI=1S/C27H32N2O6/c1-17(10-11-24(30)31)12-14-28-26(32)25-23(13-15-34-25)29-27(33)35-16-22-20-8-4-2-6-18(20)19-7-3-5-9-21(19)22/h2-9,17,22-23,25H,10-16H2,1H3,(H,28,32)(H,29,33)(H,30,31)/t17?,23-,25+/m1/s1. The maximum atomic E-state index is 12.6. The average molecular weight is 481 g/mol. The Hall–Kier alpha value is -3.39. The van der Waals surface area contributed by atoms with Gasteiger partial charge in [-0.3, -0.25) is 9.59 Å². The highest BCUT2D eigenvalue weighted by Gasteiger charge is 2.36. The van der Waals surface area contributed by atoms with E-state index in [2.05, 4.69) is 34.9 Å². The molecule has 1 unspecified atom stereocenters. The van der Waals surface area contributed by atoms with E-state index in [-0.39, 0.29) is 30.8 Å². The van der Waals surface area contributed by atoms with Crippen molar-refractivity contribution < 1.29 is 29.0 Å². The number of ether oxygens (including phenoxy) is 2. The number of hydrogen-bond acceptors (Lipinski definition) is 5. The van der Waals surface area contributed by atoms with Gasteiger partial charge in [-0.15, -0.1) is 0 Å². The zero-order valence-corrected chi connectivity index (χ0v) is 19.9. The van der Waals surface area contributed by atoms with Gasteiger partial charge in [-0.2, -0.15) is 0 Å². The molecule has 4 rings (SSSR count). The molecular weight excluding hydrogens is 448 g/mol. The molecule has 1 aliphatic carbocycles. The van der Waals surface area contributed by atoms with Crippen LogP contribution in [-0.4, -0.2) is 55.0 Å². The quantitative estimate of drug-likeness (QED) is 0.478. The van der Waals surface area contributed by atoms with E-state index >= 15 is 0 Å². The molecule has 2 amide bonds. The van der Waals surface area contributed by atoms with Crippen LogP contribution in [0, 0.1) is 5.92 Å². The zero-order chi connectivity index (χ0) is 24.8. The maximum absolute atomic E-state index is 12.6. The van der Waals surface area contributed by atoms with Gasteiger partial charge < -0.3 is 25.2 Å². The topological polar surface area (TPSA) is 114 Å².